The van der Waals surface area contributed by atoms with E-state index in [0.29, 0.717) is 11.1 Å². The van der Waals surface area contributed by atoms with Crippen LogP contribution in [0.3, 0.4) is 0 Å². The molecule has 3 aromatic rings. The van der Waals surface area contributed by atoms with Gasteiger partial charge in [0.05, 0.1) is 21.4 Å². The molecule has 0 aromatic heterocycles. The third-order valence-corrected chi connectivity index (χ3v) is 7.65. The van der Waals surface area contributed by atoms with Gasteiger partial charge in [0.1, 0.15) is 0 Å². The number of thioether (sulfide) groups is 2. The molecule has 5 rings (SSSR count). The summed E-state index contributed by atoms with van der Waals surface area (Å²) in [4.78, 5) is 31.6. The lowest BCUT2D eigenvalue weighted by molar-refractivity contribution is 1.00. The van der Waals surface area contributed by atoms with Gasteiger partial charge in [-0.1, -0.05) is 47.8 Å². The van der Waals surface area contributed by atoms with Gasteiger partial charge >= 0.3 is 0 Å². The summed E-state index contributed by atoms with van der Waals surface area (Å²) < 4.78 is 0. The van der Waals surface area contributed by atoms with Crippen LogP contribution in [0.25, 0.3) is 12.2 Å². The monoisotopic (exact) mass is 432 g/mol. The maximum Gasteiger partial charge on any atom is 0.234 e. The molecule has 150 valence electrons. The lowest BCUT2D eigenvalue weighted by Crippen LogP contribution is -2.37. The molecule has 0 N–H and O–H groups in total. The van der Waals surface area contributed by atoms with Crippen molar-refractivity contribution in [1.29, 1.82) is 0 Å². The number of hydrogen-bond acceptors (Lipinski definition) is 6. The quantitative estimate of drug-likeness (QED) is 0.532. The molecular weight excluding hydrogens is 412 g/mol. The van der Waals surface area contributed by atoms with E-state index in [4.69, 9.17) is 0 Å². The number of para-hydroxylation sites is 2. The number of fused-ring (bicyclic) bond motifs is 2. The summed E-state index contributed by atoms with van der Waals surface area (Å²) in [5, 5.41) is 1.97. The van der Waals surface area contributed by atoms with Crippen LogP contribution in [0.5, 0.6) is 0 Å². The van der Waals surface area contributed by atoms with Crippen molar-refractivity contribution in [3.63, 3.8) is 0 Å². The molecule has 4 nitrogen and oxygen atoms in total. The Hall–Kier alpha value is -2.70. The fourth-order valence-electron chi connectivity index (χ4n) is 3.93. The Morgan fingerprint density at radius 3 is 1.50 bits per heavy atom. The first-order valence-corrected chi connectivity index (χ1v) is 11.6. The molecule has 30 heavy (non-hydrogen) atoms. The number of nitrogens with zero attached hydrogens (tertiary/aromatic N) is 2. The maximum absolute atomic E-state index is 12.4. The average molecular weight is 433 g/mol. The molecule has 2 aliphatic heterocycles. The molecular formula is C24H20N2O2S2. The van der Waals surface area contributed by atoms with Crippen LogP contribution in [0.4, 0.5) is 11.4 Å². The average Bonchev–Trinajstić information content (AvgIpc) is 3.32. The highest BCUT2D eigenvalue weighted by molar-refractivity contribution is 8.04. The Labute approximate surface area is 183 Å². The highest BCUT2D eigenvalue weighted by Gasteiger charge is 2.28. The van der Waals surface area contributed by atoms with E-state index in [-0.39, 0.29) is 0 Å². The van der Waals surface area contributed by atoms with Crippen LogP contribution in [0.15, 0.2) is 78.0 Å². The van der Waals surface area contributed by atoms with E-state index in [1.165, 1.54) is 9.79 Å². The third kappa shape index (κ3) is 2.94. The summed E-state index contributed by atoms with van der Waals surface area (Å²) in [5.41, 5.74) is 2.52. The van der Waals surface area contributed by atoms with E-state index < -0.39 is 10.9 Å². The summed E-state index contributed by atoms with van der Waals surface area (Å²) in [5.74, 6) is 0. The van der Waals surface area contributed by atoms with Crippen molar-refractivity contribution in [3.8, 4) is 0 Å². The Morgan fingerprint density at radius 1 is 0.700 bits per heavy atom. The van der Waals surface area contributed by atoms with Gasteiger partial charge in [0.15, 0.2) is 0 Å². The molecule has 0 fully saturated rings. The van der Waals surface area contributed by atoms with Crippen molar-refractivity contribution < 1.29 is 0 Å². The molecule has 0 aliphatic carbocycles. The Bertz CT molecular complexity index is 1190. The fourth-order valence-corrected chi connectivity index (χ4v) is 6.27. The van der Waals surface area contributed by atoms with Crippen LogP contribution in [0, 0.1) is 0 Å². The number of benzene rings is 2. The van der Waals surface area contributed by atoms with Gasteiger partial charge in [-0.15, -0.1) is 0 Å². The van der Waals surface area contributed by atoms with Gasteiger partial charge < -0.3 is 9.80 Å². The molecule has 2 aliphatic rings. The van der Waals surface area contributed by atoms with E-state index in [9.17, 15) is 9.59 Å². The summed E-state index contributed by atoms with van der Waals surface area (Å²) in [6.45, 7) is 5.78. The van der Waals surface area contributed by atoms with Crippen molar-refractivity contribution >= 4 is 47.1 Å². The molecule has 3 aromatic carbocycles. The molecule has 0 atom stereocenters. The van der Waals surface area contributed by atoms with Crippen molar-refractivity contribution in [2.75, 3.05) is 22.9 Å². The van der Waals surface area contributed by atoms with Crippen LogP contribution < -0.4 is 20.7 Å². The summed E-state index contributed by atoms with van der Waals surface area (Å²) in [6, 6.07) is 16.4. The third-order valence-electron chi connectivity index (χ3n) is 5.43. The maximum atomic E-state index is 12.4. The standard InChI is InChI=1S/C24H20N2O2S2/c1-3-25-17-9-5-7-11-19(17)29-21(25)13-15-16(24(28)23(15)27)14-22-26(4-2)18-10-6-8-12-20(18)30-22/h5-14H,3-4H2,1-2H3/b21-13-,22-14+. The molecule has 0 amide bonds. The van der Waals surface area contributed by atoms with E-state index in [1.807, 2.05) is 36.4 Å². The molecule has 0 bridgehead atoms. The zero-order chi connectivity index (χ0) is 20.8. The van der Waals surface area contributed by atoms with Crippen molar-refractivity contribution in [1.82, 2.24) is 0 Å². The highest BCUT2D eigenvalue weighted by Crippen LogP contribution is 2.47. The molecule has 0 spiro atoms. The molecule has 0 saturated heterocycles. The van der Waals surface area contributed by atoms with E-state index in [1.54, 1.807) is 23.5 Å². The van der Waals surface area contributed by atoms with Gasteiger partial charge in [-0.3, -0.25) is 9.59 Å². The first-order chi connectivity index (χ1) is 14.6. The minimum absolute atomic E-state index is 0.398. The molecule has 0 radical (unpaired) electrons. The predicted octanol–water partition coefficient (Wildman–Crippen LogP) is 5.14. The Morgan fingerprint density at radius 2 is 1.10 bits per heavy atom. The summed E-state index contributed by atoms with van der Waals surface area (Å²) >= 11 is 3.28. The number of anilines is 2. The lowest BCUT2D eigenvalue weighted by Gasteiger charge is -2.19. The normalized spacial score (nSPS) is 17.9. The van der Waals surface area contributed by atoms with Gasteiger partial charge in [0.25, 0.3) is 0 Å². The van der Waals surface area contributed by atoms with E-state index in [0.717, 1.165) is 34.5 Å². The Kier molecular flexibility index (Phi) is 4.83. The van der Waals surface area contributed by atoms with Crippen LogP contribution in [-0.4, -0.2) is 13.1 Å². The van der Waals surface area contributed by atoms with Gasteiger partial charge in [-0.25, -0.2) is 0 Å². The smallest absolute Gasteiger partial charge is 0.234 e. The van der Waals surface area contributed by atoms with Crippen LogP contribution in [-0.2, 0) is 0 Å². The predicted molar refractivity (Wildman–Crippen MR) is 128 cm³/mol. The van der Waals surface area contributed by atoms with Gasteiger partial charge in [-0.05, 0) is 50.3 Å². The minimum atomic E-state index is -0.398. The SMILES string of the molecule is CCN1/C(=C/c2c(/C=C3/Sc4ccccc4N3CC)c(=O)c2=O)Sc2ccccc21. The van der Waals surface area contributed by atoms with Crippen molar-refractivity contribution in [2.45, 2.75) is 23.6 Å². The molecule has 0 saturated carbocycles. The van der Waals surface area contributed by atoms with Gasteiger partial charge in [0, 0.05) is 34.0 Å². The van der Waals surface area contributed by atoms with Crippen LogP contribution >= 0.6 is 23.5 Å². The largest absolute Gasteiger partial charge is 0.335 e. The minimum Gasteiger partial charge on any atom is -0.335 e. The van der Waals surface area contributed by atoms with Crippen LogP contribution in [0.2, 0.25) is 0 Å². The number of rotatable bonds is 4. The van der Waals surface area contributed by atoms with Crippen molar-refractivity contribution in [3.05, 3.63) is 90.2 Å². The van der Waals surface area contributed by atoms with Crippen LogP contribution in [0.1, 0.15) is 25.0 Å². The molecule has 0 unspecified atom stereocenters. The second kappa shape index (κ2) is 7.52. The van der Waals surface area contributed by atoms with Crippen molar-refractivity contribution in [2.24, 2.45) is 0 Å². The topological polar surface area (TPSA) is 40.6 Å². The molecule has 6 heteroatoms. The second-order valence-corrected chi connectivity index (χ2v) is 9.20. The molecule has 2 heterocycles. The summed E-state index contributed by atoms with van der Waals surface area (Å²) in [7, 11) is 0. The zero-order valence-corrected chi connectivity index (χ0v) is 18.3. The Balaban J connectivity index is 1.53. The lowest BCUT2D eigenvalue weighted by atomic mass is 10.0. The second-order valence-electron chi connectivity index (χ2n) is 7.08. The van der Waals surface area contributed by atoms with E-state index >= 15 is 0 Å². The zero-order valence-electron chi connectivity index (χ0n) is 16.7. The number of hydrogen-bond donors (Lipinski definition) is 0. The highest BCUT2D eigenvalue weighted by atomic mass is 32.2. The summed E-state index contributed by atoms with van der Waals surface area (Å²) in [6.07, 6.45) is 3.76. The first kappa shape index (κ1) is 19.3. The van der Waals surface area contributed by atoms with Gasteiger partial charge in [0.2, 0.25) is 10.9 Å². The first-order valence-electron chi connectivity index (χ1n) is 9.98. The fraction of sp³-hybridized carbons (Fsp3) is 0.167. The van der Waals surface area contributed by atoms with E-state index in [2.05, 4.69) is 47.9 Å². The van der Waals surface area contributed by atoms with Gasteiger partial charge in [-0.2, -0.15) is 0 Å².